The number of nitrogens with zero attached hydrogens (tertiary/aromatic N) is 3. The predicted octanol–water partition coefficient (Wildman–Crippen LogP) is 2.79. The second-order valence-electron chi connectivity index (χ2n) is 7.70. The molecule has 3 rings (SSSR count). The van der Waals surface area contributed by atoms with Crippen LogP contribution in [-0.2, 0) is 11.3 Å². The minimum Gasteiger partial charge on any atom is -0.340 e. The molecule has 2 aromatic rings. The summed E-state index contributed by atoms with van der Waals surface area (Å²) in [6.45, 7) is 3.61. The zero-order valence-electron chi connectivity index (χ0n) is 18.1. The predicted molar refractivity (Wildman–Crippen MR) is 126 cm³/mol. The van der Waals surface area contributed by atoms with Crippen LogP contribution in [0.5, 0.6) is 0 Å². The molecule has 0 saturated carbocycles. The summed E-state index contributed by atoms with van der Waals surface area (Å²) in [6.07, 6.45) is 2.46. The lowest BCUT2D eigenvalue weighted by molar-refractivity contribution is -0.384. The summed E-state index contributed by atoms with van der Waals surface area (Å²) >= 11 is 1.61. The molecule has 1 N–H and O–H groups in total. The van der Waals surface area contributed by atoms with Crippen LogP contribution in [0, 0.1) is 10.1 Å². The van der Waals surface area contributed by atoms with Crippen molar-refractivity contribution >= 4 is 29.3 Å². The van der Waals surface area contributed by atoms with Gasteiger partial charge in [-0.15, -0.1) is 0 Å². The molecule has 0 radical (unpaired) electrons. The monoisotopic (exact) mass is 456 g/mol. The van der Waals surface area contributed by atoms with Crippen LogP contribution in [0.4, 0.5) is 5.69 Å². The van der Waals surface area contributed by atoms with Gasteiger partial charge in [0.05, 0.1) is 4.92 Å². The third kappa shape index (κ3) is 6.54. The molecule has 1 heterocycles. The summed E-state index contributed by atoms with van der Waals surface area (Å²) in [4.78, 5) is 40.5. The Morgan fingerprint density at radius 3 is 2.47 bits per heavy atom. The number of piperazine rings is 1. The highest BCUT2D eigenvalue weighted by Crippen LogP contribution is 2.15. The Balaban J connectivity index is 1.60. The van der Waals surface area contributed by atoms with E-state index in [-0.39, 0.29) is 17.2 Å². The van der Waals surface area contributed by atoms with E-state index in [1.807, 2.05) is 24.5 Å². The average molecular weight is 457 g/mol. The lowest BCUT2D eigenvalue weighted by Gasteiger charge is -2.36. The third-order valence-electron chi connectivity index (χ3n) is 5.47. The molecule has 2 aromatic carbocycles. The highest BCUT2D eigenvalue weighted by Gasteiger charge is 2.29. The standard InChI is InChI=1S/C23H28N4O4S/c1-32-15-10-21(24-22(28)19-8-5-9-20(16-19)27(30)31)23(29)26-13-11-25(12-14-26)17-18-6-3-2-4-7-18/h2-9,16,21H,10-15,17H2,1H3,(H,24,28). The molecule has 2 amide bonds. The Labute approximate surface area is 192 Å². The Bertz CT molecular complexity index is 933. The van der Waals surface area contributed by atoms with Gasteiger partial charge in [-0.25, -0.2) is 0 Å². The van der Waals surface area contributed by atoms with E-state index in [2.05, 4.69) is 22.3 Å². The number of non-ortho nitro benzene ring substituents is 1. The van der Waals surface area contributed by atoms with Gasteiger partial charge >= 0.3 is 0 Å². The zero-order chi connectivity index (χ0) is 22.9. The van der Waals surface area contributed by atoms with Crippen molar-refractivity contribution in [2.24, 2.45) is 0 Å². The van der Waals surface area contributed by atoms with Gasteiger partial charge in [0.25, 0.3) is 11.6 Å². The maximum atomic E-state index is 13.2. The fourth-order valence-electron chi connectivity index (χ4n) is 3.68. The van der Waals surface area contributed by atoms with Crippen molar-refractivity contribution in [1.82, 2.24) is 15.1 Å². The average Bonchev–Trinajstić information content (AvgIpc) is 2.82. The van der Waals surface area contributed by atoms with Gasteiger partial charge in [-0.2, -0.15) is 11.8 Å². The van der Waals surface area contributed by atoms with Crippen LogP contribution in [0.1, 0.15) is 22.3 Å². The first-order valence-electron chi connectivity index (χ1n) is 10.6. The quantitative estimate of drug-likeness (QED) is 0.461. The van der Waals surface area contributed by atoms with Gasteiger partial charge in [0.1, 0.15) is 6.04 Å². The largest absolute Gasteiger partial charge is 0.340 e. The highest BCUT2D eigenvalue weighted by molar-refractivity contribution is 7.98. The van der Waals surface area contributed by atoms with Gasteiger partial charge in [0.15, 0.2) is 0 Å². The maximum Gasteiger partial charge on any atom is 0.270 e. The summed E-state index contributed by atoms with van der Waals surface area (Å²) < 4.78 is 0. The van der Waals surface area contributed by atoms with Crippen molar-refractivity contribution in [3.05, 3.63) is 75.8 Å². The van der Waals surface area contributed by atoms with Crippen LogP contribution in [0.2, 0.25) is 0 Å². The van der Waals surface area contributed by atoms with E-state index in [9.17, 15) is 19.7 Å². The van der Waals surface area contributed by atoms with Crippen LogP contribution in [0.25, 0.3) is 0 Å². The SMILES string of the molecule is CSCCC(NC(=O)c1cccc([N+](=O)[O-])c1)C(=O)N1CCN(Cc2ccccc2)CC1. The Morgan fingerprint density at radius 2 is 1.81 bits per heavy atom. The van der Waals surface area contributed by atoms with Crippen LogP contribution in [0.3, 0.4) is 0 Å². The van der Waals surface area contributed by atoms with Gasteiger partial charge in [-0.1, -0.05) is 36.4 Å². The number of nitro benzene ring substituents is 1. The molecule has 0 aliphatic carbocycles. The maximum absolute atomic E-state index is 13.2. The third-order valence-corrected chi connectivity index (χ3v) is 6.11. The summed E-state index contributed by atoms with van der Waals surface area (Å²) in [5.41, 5.74) is 1.27. The first-order chi connectivity index (χ1) is 15.5. The van der Waals surface area contributed by atoms with Crippen LogP contribution in [0.15, 0.2) is 54.6 Å². The molecular formula is C23H28N4O4S. The number of benzene rings is 2. The number of amides is 2. The van der Waals surface area contributed by atoms with Crippen molar-refractivity contribution in [3.63, 3.8) is 0 Å². The lowest BCUT2D eigenvalue weighted by Crippen LogP contribution is -2.54. The molecule has 9 heteroatoms. The van der Waals surface area contributed by atoms with Crippen LogP contribution in [-0.4, -0.2) is 70.8 Å². The molecule has 8 nitrogen and oxygen atoms in total. The Morgan fingerprint density at radius 1 is 1.09 bits per heavy atom. The Hall–Kier alpha value is -2.91. The Kier molecular flexibility index (Phi) is 8.64. The van der Waals surface area contributed by atoms with Crippen LogP contribution >= 0.6 is 11.8 Å². The van der Waals surface area contributed by atoms with E-state index >= 15 is 0 Å². The number of carbonyl (C=O) groups is 2. The van der Waals surface area contributed by atoms with Crippen molar-refractivity contribution in [2.75, 3.05) is 38.2 Å². The molecule has 0 spiro atoms. The van der Waals surface area contributed by atoms with Crippen molar-refractivity contribution < 1.29 is 14.5 Å². The molecule has 1 atom stereocenters. The second kappa shape index (κ2) is 11.6. The number of nitrogens with one attached hydrogen (secondary N) is 1. The number of hydrogen-bond donors (Lipinski definition) is 1. The first kappa shape index (κ1) is 23.7. The van der Waals surface area contributed by atoms with Crippen LogP contribution < -0.4 is 5.32 Å². The topological polar surface area (TPSA) is 95.8 Å². The molecular weight excluding hydrogens is 428 g/mol. The molecule has 0 aromatic heterocycles. The number of carbonyl (C=O) groups excluding carboxylic acids is 2. The van der Waals surface area contributed by atoms with E-state index in [1.165, 1.54) is 29.8 Å². The van der Waals surface area contributed by atoms with E-state index in [0.717, 1.165) is 25.4 Å². The fraction of sp³-hybridized carbons (Fsp3) is 0.391. The summed E-state index contributed by atoms with van der Waals surface area (Å²) in [5.74, 6) is 0.146. The smallest absolute Gasteiger partial charge is 0.270 e. The normalized spacial score (nSPS) is 15.2. The zero-order valence-corrected chi connectivity index (χ0v) is 18.9. The van der Waals surface area contributed by atoms with Gasteiger partial charge in [0, 0.05) is 50.4 Å². The van der Waals surface area contributed by atoms with Gasteiger partial charge in [-0.3, -0.25) is 24.6 Å². The highest BCUT2D eigenvalue weighted by atomic mass is 32.2. The number of nitro groups is 1. The van der Waals surface area contributed by atoms with E-state index < -0.39 is 16.9 Å². The van der Waals surface area contributed by atoms with E-state index in [1.54, 1.807) is 16.7 Å². The molecule has 1 aliphatic rings. The molecule has 0 bridgehead atoms. The molecule has 32 heavy (non-hydrogen) atoms. The minimum atomic E-state index is -0.658. The fourth-order valence-corrected chi connectivity index (χ4v) is 4.16. The summed E-state index contributed by atoms with van der Waals surface area (Å²) in [6, 6.07) is 15.1. The number of rotatable bonds is 9. The van der Waals surface area contributed by atoms with Gasteiger partial charge in [0.2, 0.25) is 5.91 Å². The van der Waals surface area contributed by atoms with Gasteiger partial charge < -0.3 is 10.2 Å². The molecule has 170 valence electrons. The molecule has 1 unspecified atom stereocenters. The molecule has 1 aliphatic heterocycles. The van der Waals surface area contributed by atoms with Gasteiger partial charge in [-0.05, 0) is 30.1 Å². The lowest BCUT2D eigenvalue weighted by atomic mass is 10.1. The van der Waals surface area contributed by atoms with Crippen molar-refractivity contribution in [1.29, 1.82) is 0 Å². The summed E-state index contributed by atoms with van der Waals surface area (Å²) in [7, 11) is 0. The molecule has 1 saturated heterocycles. The number of hydrogen-bond acceptors (Lipinski definition) is 6. The van der Waals surface area contributed by atoms with Crippen molar-refractivity contribution in [2.45, 2.75) is 19.0 Å². The second-order valence-corrected chi connectivity index (χ2v) is 8.69. The first-order valence-corrected chi connectivity index (χ1v) is 12.0. The van der Waals surface area contributed by atoms with Crippen molar-refractivity contribution in [3.8, 4) is 0 Å². The van der Waals surface area contributed by atoms with E-state index in [4.69, 9.17) is 0 Å². The van der Waals surface area contributed by atoms with E-state index in [0.29, 0.717) is 19.5 Å². The summed E-state index contributed by atoms with van der Waals surface area (Å²) in [5, 5.41) is 13.8. The minimum absolute atomic E-state index is 0.0998. The molecule has 1 fully saturated rings. The number of thioether (sulfide) groups is 1.